The van der Waals surface area contributed by atoms with E-state index in [1.165, 1.54) is 19.0 Å². The van der Waals surface area contributed by atoms with Crippen molar-refractivity contribution in [2.24, 2.45) is 0 Å². The topological polar surface area (TPSA) is 90.0 Å². The number of nitrogens with one attached hydrogen (secondary N) is 1. The molecule has 210 valence electrons. The molecule has 2 rings (SSSR count). The maximum Gasteiger partial charge on any atom is 0.304 e. The summed E-state index contributed by atoms with van der Waals surface area (Å²) in [5, 5.41) is 3.64. The van der Waals surface area contributed by atoms with Gasteiger partial charge in [0.15, 0.2) is 0 Å². The van der Waals surface area contributed by atoms with E-state index in [1.54, 1.807) is 38.1 Å². The van der Waals surface area contributed by atoms with Crippen molar-refractivity contribution in [2.75, 3.05) is 24.9 Å². The predicted molar refractivity (Wildman–Crippen MR) is 155 cm³/mol. The molecule has 2 aromatic rings. The first kappa shape index (κ1) is 31.9. The molecular formula is C27H38Cl2N4O4S. The van der Waals surface area contributed by atoms with E-state index in [1.807, 2.05) is 32.9 Å². The Hall–Kier alpha value is -2.33. The number of hydrogen-bond donors (Lipinski definition) is 1. The lowest BCUT2D eigenvalue weighted by molar-refractivity contribution is -0.140. The van der Waals surface area contributed by atoms with Crippen LogP contribution in [0.3, 0.4) is 0 Å². The Morgan fingerprint density at radius 1 is 1.00 bits per heavy atom. The summed E-state index contributed by atoms with van der Waals surface area (Å²) in [7, 11) is -1.24. The van der Waals surface area contributed by atoms with Crippen molar-refractivity contribution in [2.45, 2.75) is 66.1 Å². The Morgan fingerprint density at radius 2 is 1.61 bits per heavy atom. The molecule has 0 aliphatic rings. The molecule has 0 unspecified atom stereocenters. The molecule has 1 N–H and O–H groups in total. The molecule has 0 heterocycles. The summed E-state index contributed by atoms with van der Waals surface area (Å²) in [6.45, 7) is 8.69. The quantitative estimate of drug-likeness (QED) is 0.382. The zero-order chi connectivity index (χ0) is 28.8. The van der Waals surface area contributed by atoms with Gasteiger partial charge in [0, 0.05) is 42.3 Å². The summed E-state index contributed by atoms with van der Waals surface area (Å²) < 4.78 is 29.0. The summed E-state index contributed by atoms with van der Waals surface area (Å²) in [6.07, 6.45) is 1.02. The van der Waals surface area contributed by atoms with Crippen LogP contribution in [-0.2, 0) is 26.3 Å². The molecule has 8 nitrogen and oxygen atoms in total. The number of nitrogens with zero attached hydrogens (tertiary/aromatic N) is 3. The van der Waals surface area contributed by atoms with Crippen LogP contribution in [0.4, 0.5) is 5.69 Å². The van der Waals surface area contributed by atoms with Crippen LogP contribution in [0.5, 0.6) is 0 Å². The molecule has 2 amide bonds. The molecule has 0 aromatic heterocycles. The van der Waals surface area contributed by atoms with Crippen LogP contribution in [-0.4, -0.2) is 62.2 Å². The van der Waals surface area contributed by atoms with Crippen LogP contribution in [0.1, 0.15) is 50.3 Å². The van der Waals surface area contributed by atoms with Gasteiger partial charge in [0.2, 0.25) is 11.8 Å². The van der Waals surface area contributed by atoms with Gasteiger partial charge in [-0.3, -0.25) is 9.59 Å². The van der Waals surface area contributed by atoms with Crippen LogP contribution in [0.25, 0.3) is 0 Å². The second kappa shape index (κ2) is 13.6. The fraction of sp³-hybridized carbons (Fsp3) is 0.481. The van der Waals surface area contributed by atoms with Crippen molar-refractivity contribution < 1.29 is 18.0 Å². The smallest absolute Gasteiger partial charge is 0.304 e. The van der Waals surface area contributed by atoms with Crippen molar-refractivity contribution in [1.29, 1.82) is 0 Å². The standard InChI is InChI=1S/C27H38Cl2N4O4S/c1-8-20(5)30-27(35)24(9-2)32(16-21-22(28)11-10-12-23(21)29)26(34)17-33(38(36,37)31(6)7)25-15-18(3)13-14-19(25)4/h10-15,20,24H,8-9,16-17H2,1-7H3,(H,30,35)/t20-,24-/m0/s1. The molecule has 0 saturated heterocycles. The normalized spacial score (nSPS) is 13.2. The van der Waals surface area contributed by atoms with Crippen LogP contribution in [0.2, 0.25) is 10.0 Å². The number of aryl methyl sites for hydroxylation is 2. The highest BCUT2D eigenvalue weighted by Crippen LogP contribution is 2.29. The van der Waals surface area contributed by atoms with Crippen molar-refractivity contribution in [1.82, 2.24) is 14.5 Å². The van der Waals surface area contributed by atoms with Gasteiger partial charge in [0.05, 0.1) is 5.69 Å². The molecule has 0 saturated carbocycles. The van der Waals surface area contributed by atoms with Crippen molar-refractivity contribution in [3.8, 4) is 0 Å². The summed E-state index contributed by atoms with van der Waals surface area (Å²) in [4.78, 5) is 28.7. The third-order valence-electron chi connectivity index (χ3n) is 6.43. The molecule has 2 atom stereocenters. The van der Waals surface area contributed by atoms with Gasteiger partial charge in [-0.2, -0.15) is 12.7 Å². The average molecular weight is 586 g/mol. The average Bonchev–Trinajstić information content (AvgIpc) is 2.85. The minimum Gasteiger partial charge on any atom is -0.352 e. The van der Waals surface area contributed by atoms with Crippen LogP contribution in [0.15, 0.2) is 36.4 Å². The first-order valence-corrected chi connectivity index (χ1v) is 14.7. The Morgan fingerprint density at radius 3 is 2.13 bits per heavy atom. The van der Waals surface area contributed by atoms with Crippen LogP contribution < -0.4 is 9.62 Å². The summed E-state index contributed by atoms with van der Waals surface area (Å²) in [5.74, 6) is -0.884. The van der Waals surface area contributed by atoms with Crippen molar-refractivity contribution in [3.63, 3.8) is 0 Å². The molecule has 2 aromatic carbocycles. The lowest BCUT2D eigenvalue weighted by Crippen LogP contribution is -2.54. The first-order valence-electron chi connectivity index (χ1n) is 12.5. The number of carbonyl (C=O) groups is 2. The van der Waals surface area contributed by atoms with Gasteiger partial charge >= 0.3 is 10.2 Å². The molecule has 0 fully saturated rings. The van der Waals surface area contributed by atoms with Gasteiger partial charge in [-0.05, 0) is 62.9 Å². The van der Waals surface area contributed by atoms with E-state index in [2.05, 4.69) is 5.32 Å². The summed E-state index contributed by atoms with van der Waals surface area (Å²) >= 11 is 12.9. The van der Waals surface area contributed by atoms with E-state index >= 15 is 0 Å². The first-order chi connectivity index (χ1) is 17.7. The fourth-order valence-corrected chi connectivity index (χ4v) is 5.53. The maximum absolute atomic E-state index is 14.0. The summed E-state index contributed by atoms with van der Waals surface area (Å²) in [5.41, 5.74) is 2.40. The van der Waals surface area contributed by atoms with E-state index in [0.717, 1.165) is 14.2 Å². The van der Waals surface area contributed by atoms with E-state index < -0.39 is 28.7 Å². The lowest BCUT2D eigenvalue weighted by Gasteiger charge is -2.35. The lowest BCUT2D eigenvalue weighted by atomic mass is 10.1. The van der Waals surface area contributed by atoms with Gasteiger partial charge in [-0.25, -0.2) is 4.31 Å². The summed E-state index contributed by atoms with van der Waals surface area (Å²) in [6, 6.07) is 9.45. The third-order valence-corrected chi connectivity index (χ3v) is 8.94. The van der Waals surface area contributed by atoms with Crippen molar-refractivity contribution >= 4 is 50.9 Å². The van der Waals surface area contributed by atoms with Gasteiger partial charge in [-0.15, -0.1) is 0 Å². The number of carbonyl (C=O) groups excluding carboxylic acids is 2. The zero-order valence-electron chi connectivity index (χ0n) is 23.1. The maximum atomic E-state index is 14.0. The number of benzene rings is 2. The Balaban J connectivity index is 2.62. The number of rotatable bonds is 12. The molecule has 0 spiro atoms. The van der Waals surface area contributed by atoms with Gasteiger partial charge in [0.1, 0.15) is 12.6 Å². The molecule has 11 heteroatoms. The second-order valence-electron chi connectivity index (χ2n) is 9.55. The number of anilines is 1. The van der Waals surface area contributed by atoms with E-state index in [0.29, 0.717) is 39.7 Å². The molecule has 0 aliphatic carbocycles. The highest BCUT2D eigenvalue weighted by atomic mass is 35.5. The van der Waals surface area contributed by atoms with E-state index in [4.69, 9.17) is 23.2 Å². The Labute approximate surface area is 237 Å². The minimum absolute atomic E-state index is 0.0631. The molecule has 0 bridgehead atoms. The molecule has 38 heavy (non-hydrogen) atoms. The predicted octanol–water partition coefficient (Wildman–Crippen LogP) is 4.95. The van der Waals surface area contributed by atoms with Crippen molar-refractivity contribution in [3.05, 3.63) is 63.1 Å². The van der Waals surface area contributed by atoms with E-state index in [-0.39, 0.29) is 18.5 Å². The van der Waals surface area contributed by atoms with Crippen LogP contribution >= 0.6 is 23.2 Å². The molecular weight excluding hydrogens is 547 g/mol. The van der Waals surface area contributed by atoms with Gasteiger partial charge in [0.25, 0.3) is 0 Å². The number of hydrogen-bond acceptors (Lipinski definition) is 4. The number of halogens is 2. The minimum atomic E-state index is -4.06. The highest BCUT2D eigenvalue weighted by molar-refractivity contribution is 7.90. The van der Waals surface area contributed by atoms with Crippen LogP contribution in [0, 0.1) is 13.8 Å². The second-order valence-corrected chi connectivity index (χ2v) is 12.4. The van der Waals surface area contributed by atoms with Gasteiger partial charge in [-0.1, -0.05) is 55.2 Å². The zero-order valence-corrected chi connectivity index (χ0v) is 25.4. The molecule has 0 aliphatic heterocycles. The Bertz CT molecular complexity index is 1230. The highest BCUT2D eigenvalue weighted by Gasteiger charge is 2.35. The third kappa shape index (κ3) is 7.62. The fourth-order valence-electron chi connectivity index (χ4n) is 3.90. The monoisotopic (exact) mass is 584 g/mol. The number of amides is 2. The SMILES string of the molecule is CC[C@H](C)NC(=O)[C@H](CC)N(Cc1c(Cl)cccc1Cl)C(=O)CN(c1cc(C)ccc1C)S(=O)(=O)N(C)C. The Kier molecular flexibility index (Phi) is 11.4. The van der Waals surface area contributed by atoms with E-state index in [9.17, 15) is 18.0 Å². The largest absolute Gasteiger partial charge is 0.352 e. The molecule has 0 radical (unpaired) electrons. The van der Waals surface area contributed by atoms with Gasteiger partial charge < -0.3 is 10.2 Å².